The number of piperazine rings is 1. The van der Waals surface area contributed by atoms with E-state index >= 15 is 0 Å². The van der Waals surface area contributed by atoms with Crippen LogP contribution in [0, 0.1) is 0 Å². The summed E-state index contributed by atoms with van der Waals surface area (Å²) in [4.78, 5) is 14.3. The fourth-order valence-electron chi connectivity index (χ4n) is 2.78. The Balaban J connectivity index is 2.25. The molecule has 1 aromatic carbocycles. The molecule has 0 radical (unpaired) electrons. The molecule has 20 heavy (non-hydrogen) atoms. The second kappa shape index (κ2) is 7.29. The van der Waals surface area contributed by atoms with Crippen molar-refractivity contribution in [2.24, 2.45) is 0 Å². The molecule has 1 saturated heterocycles. The van der Waals surface area contributed by atoms with E-state index in [1.54, 1.807) is 0 Å². The molecule has 0 spiro atoms. The number of carbonyl (C=O) groups excluding carboxylic acids is 1. The SMILES string of the molecule is CCCC[C@H]1CNCCN1c1ccccc1C(=O)OC. The van der Waals surface area contributed by atoms with Gasteiger partial charge >= 0.3 is 5.97 Å². The minimum atomic E-state index is -0.256. The summed E-state index contributed by atoms with van der Waals surface area (Å²) in [5, 5.41) is 3.45. The van der Waals surface area contributed by atoms with Gasteiger partial charge in [-0.2, -0.15) is 0 Å². The number of anilines is 1. The van der Waals surface area contributed by atoms with E-state index in [1.165, 1.54) is 20.0 Å². The topological polar surface area (TPSA) is 41.6 Å². The van der Waals surface area contributed by atoms with Crippen molar-refractivity contribution < 1.29 is 9.53 Å². The number of methoxy groups -OCH3 is 1. The Labute approximate surface area is 121 Å². The van der Waals surface area contributed by atoms with Crippen LogP contribution in [0.1, 0.15) is 36.5 Å². The molecule has 0 aromatic heterocycles. The monoisotopic (exact) mass is 276 g/mol. The third-order valence-corrected chi connectivity index (χ3v) is 3.86. The first-order valence-electron chi connectivity index (χ1n) is 7.42. The minimum absolute atomic E-state index is 0.256. The predicted molar refractivity (Wildman–Crippen MR) is 81.3 cm³/mol. The van der Waals surface area contributed by atoms with Crippen LogP contribution in [0.15, 0.2) is 24.3 Å². The van der Waals surface area contributed by atoms with Gasteiger partial charge in [-0.1, -0.05) is 31.9 Å². The van der Waals surface area contributed by atoms with E-state index in [9.17, 15) is 4.79 Å². The molecular weight excluding hydrogens is 252 g/mol. The zero-order valence-corrected chi connectivity index (χ0v) is 12.4. The number of esters is 1. The summed E-state index contributed by atoms with van der Waals surface area (Å²) in [5.74, 6) is -0.256. The molecule has 4 nitrogen and oxygen atoms in total. The summed E-state index contributed by atoms with van der Waals surface area (Å²) >= 11 is 0. The van der Waals surface area contributed by atoms with Gasteiger partial charge in [0.2, 0.25) is 0 Å². The quantitative estimate of drug-likeness (QED) is 0.839. The molecule has 1 fully saturated rings. The van der Waals surface area contributed by atoms with Crippen LogP contribution in [0.4, 0.5) is 5.69 Å². The standard InChI is InChI=1S/C16H24N2O2/c1-3-4-7-13-12-17-10-11-18(13)15-9-6-5-8-14(15)16(19)20-2/h5-6,8-9,13,17H,3-4,7,10-12H2,1-2H3/t13-/m0/s1. The normalized spacial score (nSPS) is 18.9. The minimum Gasteiger partial charge on any atom is -0.465 e. The first-order valence-corrected chi connectivity index (χ1v) is 7.42. The third-order valence-electron chi connectivity index (χ3n) is 3.86. The largest absolute Gasteiger partial charge is 0.465 e. The van der Waals surface area contributed by atoms with Crippen molar-refractivity contribution in [3.63, 3.8) is 0 Å². The second-order valence-corrected chi connectivity index (χ2v) is 5.20. The van der Waals surface area contributed by atoms with Crippen molar-refractivity contribution in [2.75, 3.05) is 31.6 Å². The van der Waals surface area contributed by atoms with Gasteiger partial charge in [0.15, 0.2) is 0 Å². The number of hydrogen-bond donors (Lipinski definition) is 1. The van der Waals surface area contributed by atoms with Gasteiger partial charge in [-0.3, -0.25) is 0 Å². The highest BCUT2D eigenvalue weighted by molar-refractivity contribution is 5.95. The molecule has 1 aliphatic rings. The Kier molecular flexibility index (Phi) is 5.41. The Hall–Kier alpha value is -1.55. The number of hydrogen-bond acceptors (Lipinski definition) is 4. The van der Waals surface area contributed by atoms with Crippen molar-refractivity contribution in [3.8, 4) is 0 Å². The molecule has 0 aliphatic carbocycles. The van der Waals surface area contributed by atoms with Crippen LogP contribution in [0.3, 0.4) is 0 Å². The Morgan fingerprint density at radius 2 is 2.25 bits per heavy atom. The van der Waals surface area contributed by atoms with Crippen LogP contribution in [0.5, 0.6) is 0 Å². The van der Waals surface area contributed by atoms with Crippen molar-refractivity contribution in [1.82, 2.24) is 5.32 Å². The number of carbonyl (C=O) groups is 1. The third kappa shape index (κ3) is 3.31. The summed E-state index contributed by atoms with van der Waals surface area (Å²) in [6.07, 6.45) is 3.56. The van der Waals surface area contributed by atoms with Gasteiger partial charge < -0.3 is 15.0 Å². The van der Waals surface area contributed by atoms with Gasteiger partial charge in [-0.05, 0) is 18.6 Å². The van der Waals surface area contributed by atoms with Crippen molar-refractivity contribution >= 4 is 11.7 Å². The molecule has 1 aromatic rings. The molecule has 1 atom stereocenters. The summed E-state index contributed by atoms with van der Waals surface area (Å²) < 4.78 is 4.90. The molecule has 1 heterocycles. The van der Waals surface area contributed by atoms with Crippen LogP contribution < -0.4 is 10.2 Å². The lowest BCUT2D eigenvalue weighted by atomic mass is 10.0. The average molecular weight is 276 g/mol. The maximum absolute atomic E-state index is 11.9. The van der Waals surface area contributed by atoms with E-state index in [0.29, 0.717) is 11.6 Å². The number of nitrogens with zero attached hydrogens (tertiary/aromatic N) is 1. The lowest BCUT2D eigenvalue weighted by molar-refractivity contribution is 0.0601. The molecule has 0 bridgehead atoms. The molecular formula is C16H24N2O2. The van der Waals surface area contributed by atoms with Gasteiger partial charge in [-0.15, -0.1) is 0 Å². The van der Waals surface area contributed by atoms with Gasteiger partial charge in [-0.25, -0.2) is 4.79 Å². The zero-order chi connectivity index (χ0) is 14.4. The van der Waals surface area contributed by atoms with Crippen molar-refractivity contribution in [1.29, 1.82) is 0 Å². The fourth-order valence-corrected chi connectivity index (χ4v) is 2.78. The lowest BCUT2D eigenvalue weighted by Gasteiger charge is -2.39. The van der Waals surface area contributed by atoms with Crippen LogP contribution >= 0.6 is 0 Å². The Bertz CT molecular complexity index is 448. The first kappa shape index (κ1) is 14.9. The van der Waals surface area contributed by atoms with Gasteiger partial charge in [0.1, 0.15) is 0 Å². The molecule has 4 heteroatoms. The van der Waals surface area contributed by atoms with E-state index in [4.69, 9.17) is 4.74 Å². The maximum atomic E-state index is 11.9. The second-order valence-electron chi connectivity index (χ2n) is 5.20. The van der Waals surface area contributed by atoms with E-state index < -0.39 is 0 Å². The molecule has 0 unspecified atom stereocenters. The smallest absolute Gasteiger partial charge is 0.339 e. The first-order chi connectivity index (χ1) is 9.77. The number of ether oxygens (including phenoxy) is 1. The fraction of sp³-hybridized carbons (Fsp3) is 0.562. The van der Waals surface area contributed by atoms with Gasteiger partial charge in [0.05, 0.1) is 18.4 Å². The molecule has 0 amide bonds. The number of unbranched alkanes of at least 4 members (excludes halogenated alkanes) is 1. The van der Waals surface area contributed by atoms with Crippen LogP contribution in [-0.2, 0) is 4.74 Å². The lowest BCUT2D eigenvalue weighted by Crippen LogP contribution is -2.51. The number of para-hydroxylation sites is 1. The molecule has 1 N–H and O–H groups in total. The number of benzene rings is 1. The zero-order valence-electron chi connectivity index (χ0n) is 12.4. The molecule has 0 saturated carbocycles. The van der Waals surface area contributed by atoms with E-state index in [-0.39, 0.29) is 5.97 Å². The van der Waals surface area contributed by atoms with Crippen molar-refractivity contribution in [3.05, 3.63) is 29.8 Å². The highest BCUT2D eigenvalue weighted by Gasteiger charge is 2.25. The van der Waals surface area contributed by atoms with Crippen molar-refractivity contribution in [2.45, 2.75) is 32.2 Å². The predicted octanol–water partition coefficient (Wildman–Crippen LogP) is 2.44. The maximum Gasteiger partial charge on any atom is 0.339 e. The molecule has 1 aliphatic heterocycles. The van der Waals surface area contributed by atoms with E-state index in [1.807, 2.05) is 24.3 Å². The van der Waals surface area contributed by atoms with Gasteiger partial charge in [0.25, 0.3) is 0 Å². The summed E-state index contributed by atoms with van der Waals surface area (Å²) in [6, 6.07) is 8.20. The highest BCUT2D eigenvalue weighted by atomic mass is 16.5. The summed E-state index contributed by atoms with van der Waals surface area (Å²) in [6.45, 7) is 5.08. The van der Waals surface area contributed by atoms with E-state index in [2.05, 4.69) is 17.1 Å². The molecule has 2 rings (SSSR count). The molecule has 110 valence electrons. The highest BCUT2D eigenvalue weighted by Crippen LogP contribution is 2.25. The number of nitrogens with one attached hydrogen (secondary N) is 1. The summed E-state index contributed by atoms with van der Waals surface area (Å²) in [5.41, 5.74) is 1.67. The Morgan fingerprint density at radius 1 is 1.45 bits per heavy atom. The Morgan fingerprint density at radius 3 is 3.00 bits per heavy atom. The van der Waals surface area contributed by atoms with Gasteiger partial charge in [0, 0.05) is 25.7 Å². The van der Waals surface area contributed by atoms with Crippen LogP contribution in [0.2, 0.25) is 0 Å². The average Bonchev–Trinajstić information content (AvgIpc) is 2.52. The van der Waals surface area contributed by atoms with Crippen LogP contribution in [-0.4, -0.2) is 38.8 Å². The number of rotatable bonds is 5. The van der Waals surface area contributed by atoms with E-state index in [0.717, 1.165) is 31.7 Å². The summed E-state index contributed by atoms with van der Waals surface area (Å²) in [7, 11) is 1.44. The van der Waals surface area contributed by atoms with Crippen LogP contribution in [0.25, 0.3) is 0 Å².